The zero-order valence-electron chi connectivity index (χ0n) is 6.14. The van der Waals surface area contributed by atoms with E-state index in [0.717, 1.165) is 0 Å². The lowest BCUT2D eigenvalue weighted by molar-refractivity contribution is -0.137. The minimum Gasteiger partial charge on any atom is -0.481 e. The van der Waals surface area contributed by atoms with Gasteiger partial charge in [-0.25, -0.2) is 4.68 Å². The number of nitrogens with zero attached hydrogens (tertiary/aromatic N) is 3. The second-order valence-electron chi connectivity index (χ2n) is 2.33. The molecule has 60 valence electrons. The van der Waals surface area contributed by atoms with Gasteiger partial charge in [0, 0.05) is 6.20 Å². The number of rotatable bonds is 3. The maximum absolute atomic E-state index is 10.2. The molecule has 0 saturated carbocycles. The van der Waals surface area contributed by atoms with Gasteiger partial charge in [0.15, 0.2) is 0 Å². The molecule has 1 N–H and O–H groups in total. The third-order valence-electron chi connectivity index (χ3n) is 1.36. The maximum Gasteiger partial charge on any atom is 0.305 e. The van der Waals surface area contributed by atoms with E-state index in [1.807, 2.05) is 0 Å². The number of carboxylic acids is 1. The molecule has 5 nitrogen and oxygen atoms in total. The minimum atomic E-state index is -0.826. The Kier molecular flexibility index (Phi) is 2.20. The molecule has 0 aliphatic rings. The summed E-state index contributed by atoms with van der Waals surface area (Å²) in [6.45, 7) is 1.78. The second-order valence-corrected chi connectivity index (χ2v) is 2.33. The van der Waals surface area contributed by atoms with Gasteiger partial charge >= 0.3 is 5.97 Å². The van der Waals surface area contributed by atoms with Crippen LogP contribution in [0.5, 0.6) is 0 Å². The molecule has 5 heteroatoms. The Hall–Kier alpha value is -1.39. The Balaban J connectivity index is 2.56. The van der Waals surface area contributed by atoms with Gasteiger partial charge in [-0.2, -0.15) is 0 Å². The molecule has 0 aliphatic heterocycles. The largest absolute Gasteiger partial charge is 0.481 e. The number of carboxylic acid groups (broad SMARTS) is 1. The molecule has 0 fully saturated rings. The van der Waals surface area contributed by atoms with Crippen LogP contribution < -0.4 is 0 Å². The van der Waals surface area contributed by atoms with Gasteiger partial charge < -0.3 is 5.11 Å². The summed E-state index contributed by atoms with van der Waals surface area (Å²) >= 11 is 0. The third-order valence-corrected chi connectivity index (χ3v) is 1.36. The monoisotopic (exact) mass is 155 g/mol. The summed E-state index contributed by atoms with van der Waals surface area (Å²) in [7, 11) is 0. The van der Waals surface area contributed by atoms with E-state index >= 15 is 0 Å². The Morgan fingerprint density at radius 1 is 1.82 bits per heavy atom. The van der Waals surface area contributed by atoms with Crippen LogP contribution in [-0.4, -0.2) is 26.1 Å². The third kappa shape index (κ3) is 2.03. The molecule has 1 unspecified atom stereocenters. The summed E-state index contributed by atoms with van der Waals surface area (Å²) in [5.74, 6) is -0.826. The first kappa shape index (κ1) is 7.71. The topological polar surface area (TPSA) is 68.0 Å². The van der Waals surface area contributed by atoms with Crippen LogP contribution in [-0.2, 0) is 4.79 Å². The van der Waals surface area contributed by atoms with Crippen molar-refractivity contribution in [1.29, 1.82) is 0 Å². The molecule has 1 aromatic rings. The Labute approximate surface area is 63.6 Å². The van der Waals surface area contributed by atoms with Gasteiger partial charge in [-0.3, -0.25) is 4.79 Å². The lowest BCUT2D eigenvalue weighted by Crippen LogP contribution is -2.10. The van der Waals surface area contributed by atoms with Gasteiger partial charge in [0.25, 0.3) is 0 Å². The fraction of sp³-hybridized carbons (Fsp3) is 0.500. The van der Waals surface area contributed by atoms with Gasteiger partial charge in [0.2, 0.25) is 0 Å². The van der Waals surface area contributed by atoms with Crippen molar-refractivity contribution in [2.75, 3.05) is 0 Å². The normalized spacial score (nSPS) is 12.8. The Morgan fingerprint density at radius 3 is 3.00 bits per heavy atom. The summed E-state index contributed by atoms with van der Waals surface area (Å²) in [5, 5.41) is 15.7. The molecule has 0 aliphatic carbocycles. The van der Waals surface area contributed by atoms with Crippen molar-refractivity contribution in [1.82, 2.24) is 15.0 Å². The fourth-order valence-corrected chi connectivity index (χ4v) is 0.799. The SMILES string of the molecule is CC(CC(=O)O)n1ccnn1. The predicted molar refractivity (Wildman–Crippen MR) is 37.0 cm³/mol. The van der Waals surface area contributed by atoms with Crippen molar-refractivity contribution in [2.24, 2.45) is 0 Å². The minimum absolute atomic E-state index is 0.0728. The number of hydrogen-bond acceptors (Lipinski definition) is 3. The highest BCUT2D eigenvalue weighted by Gasteiger charge is 2.08. The summed E-state index contributed by atoms with van der Waals surface area (Å²) < 4.78 is 1.52. The summed E-state index contributed by atoms with van der Waals surface area (Å²) in [5.41, 5.74) is 0. The van der Waals surface area contributed by atoms with Crippen LogP contribution in [0.1, 0.15) is 19.4 Å². The van der Waals surface area contributed by atoms with Gasteiger partial charge in [0.1, 0.15) is 0 Å². The first-order valence-corrected chi connectivity index (χ1v) is 3.27. The molecule has 11 heavy (non-hydrogen) atoms. The van der Waals surface area contributed by atoms with Crippen LogP contribution in [0.4, 0.5) is 0 Å². The molecular weight excluding hydrogens is 146 g/mol. The van der Waals surface area contributed by atoms with Crippen LogP contribution in [0.3, 0.4) is 0 Å². The number of carbonyl (C=O) groups is 1. The molecule has 0 amide bonds. The van der Waals surface area contributed by atoms with Gasteiger partial charge in [-0.15, -0.1) is 5.10 Å². The molecule has 1 heterocycles. The highest BCUT2D eigenvalue weighted by molar-refractivity contribution is 5.67. The van der Waals surface area contributed by atoms with E-state index in [1.54, 1.807) is 13.1 Å². The number of hydrogen-bond donors (Lipinski definition) is 1. The lowest BCUT2D eigenvalue weighted by atomic mass is 10.2. The van der Waals surface area contributed by atoms with Crippen LogP contribution in [0.25, 0.3) is 0 Å². The predicted octanol–water partition coefficient (Wildman–Crippen LogP) is 0.314. The number of aromatic nitrogens is 3. The van der Waals surface area contributed by atoms with E-state index in [9.17, 15) is 4.79 Å². The molecule has 1 rings (SSSR count). The second kappa shape index (κ2) is 3.14. The zero-order valence-corrected chi connectivity index (χ0v) is 6.14. The van der Waals surface area contributed by atoms with E-state index < -0.39 is 5.97 Å². The summed E-state index contributed by atoms with van der Waals surface area (Å²) in [6.07, 6.45) is 3.25. The molecule has 1 atom stereocenters. The van der Waals surface area contributed by atoms with Crippen molar-refractivity contribution in [3.63, 3.8) is 0 Å². The van der Waals surface area contributed by atoms with Crippen LogP contribution in [0, 0.1) is 0 Å². The quantitative estimate of drug-likeness (QED) is 0.682. The molecule has 0 radical (unpaired) electrons. The maximum atomic E-state index is 10.2. The van der Waals surface area contributed by atoms with Gasteiger partial charge in [-0.05, 0) is 6.92 Å². The van der Waals surface area contributed by atoms with Crippen LogP contribution in [0.2, 0.25) is 0 Å². The average molecular weight is 155 g/mol. The van der Waals surface area contributed by atoms with E-state index in [1.165, 1.54) is 10.9 Å². The molecule has 0 aromatic carbocycles. The van der Waals surface area contributed by atoms with Crippen molar-refractivity contribution in [3.8, 4) is 0 Å². The summed E-state index contributed by atoms with van der Waals surface area (Å²) in [4.78, 5) is 10.2. The smallest absolute Gasteiger partial charge is 0.305 e. The molecule has 1 aromatic heterocycles. The highest BCUT2D eigenvalue weighted by atomic mass is 16.4. The highest BCUT2D eigenvalue weighted by Crippen LogP contribution is 2.06. The van der Waals surface area contributed by atoms with E-state index in [-0.39, 0.29) is 12.5 Å². The van der Waals surface area contributed by atoms with E-state index in [4.69, 9.17) is 5.11 Å². The van der Waals surface area contributed by atoms with Crippen molar-refractivity contribution in [3.05, 3.63) is 12.4 Å². The summed E-state index contributed by atoms with van der Waals surface area (Å²) in [6, 6.07) is -0.130. The Morgan fingerprint density at radius 2 is 2.55 bits per heavy atom. The standard InChI is InChI=1S/C6H9N3O2/c1-5(4-6(10)11)9-3-2-7-8-9/h2-3,5H,4H2,1H3,(H,10,11). The zero-order chi connectivity index (χ0) is 8.27. The number of aliphatic carboxylic acids is 1. The van der Waals surface area contributed by atoms with Gasteiger partial charge in [-0.1, -0.05) is 5.21 Å². The lowest BCUT2D eigenvalue weighted by Gasteiger charge is -2.06. The van der Waals surface area contributed by atoms with Crippen molar-refractivity contribution in [2.45, 2.75) is 19.4 Å². The van der Waals surface area contributed by atoms with Crippen molar-refractivity contribution < 1.29 is 9.90 Å². The van der Waals surface area contributed by atoms with E-state index in [0.29, 0.717) is 0 Å². The molecule has 0 saturated heterocycles. The van der Waals surface area contributed by atoms with E-state index in [2.05, 4.69) is 10.3 Å². The first-order chi connectivity index (χ1) is 5.20. The Bertz CT molecular complexity index is 232. The van der Waals surface area contributed by atoms with Crippen LogP contribution >= 0.6 is 0 Å². The van der Waals surface area contributed by atoms with Crippen LogP contribution in [0.15, 0.2) is 12.4 Å². The van der Waals surface area contributed by atoms with Gasteiger partial charge in [0.05, 0.1) is 18.7 Å². The van der Waals surface area contributed by atoms with Crippen molar-refractivity contribution >= 4 is 5.97 Å². The average Bonchev–Trinajstić information content (AvgIpc) is 2.35. The molecular formula is C6H9N3O2. The first-order valence-electron chi connectivity index (χ1n) is 3.27. The molecule has 0 bridgehead atoms. The fourth-order valence-electron chi connectivity index (χ4n) is 0.799. The molecule has 0 spiro atoms.